The number of likely N-dealkylation sites (tertiary alicyclic amines) is 2. The van der Waals surface area contributed by atoms with Crippen LogP contribution in [0.1, 0.15) is 49.9 Å². The van der Waals surface area contributed by atoms with Crippen LogP contribution in [-0.4, -0.2) is 57.8 Å². The molecule has 3 heterocycles. The van der Waals surface area contributed by atoms with E-state index in [0.717, 1.165) is 10.6 Å². The van der Waals surface area contributed by atoms with Gasteiger partial charge in [0.25, 0.3) is 11.8 Å². The Hall–Kier alpha value is -2.12. The number of nitrogens with zero attached hydrogens (tertiary/aromatic N) is 3. The van der Waals surface area contributed by atoms with Crippen LogP contribution >= 0.6 is 0 Å². The second-order valence-electron chi connectivity index (χ2n) is 8.89. The summed E-state index contributed by atoms with van der Waals surface area (Å²) in [7, 11) is 0. The number of carbonyl (C=O) groups is 2. The first kappa shape index (κ1) is 20.2. The minimum absolute atomic E-state index is 0.0694. The van der Waals surface area contributed by atoms with Gasteiger partial charge in [0.2, 0.25) is 5.91 Å². The van der Waals surface area contributed by atoms with E-state index in [1.165, 1.54) is 0 Å². The third-order valence-corrected chi connectivity index (χ3v) is 6.45. The summed E-state index contributed by atoms with van der Waals surface area (Å²) in [5.41, 5.74) is -1.89. The van der Waals surface area contributed by atoms with Crippen LogP contribution in [0.2, 0.25) is 0 Å². The van der Waals surface area contributed by atoms with Crippen molar-refractivity contribution in [1.82, 2.24) is 14.8 Å². The van der Waals surface area contributed by atoms with Crippen LogP contribution in [0.4, 0.5) is 13.2 Å². The number of piperidine rings is 2. The van der Waals surface area contributed by atoms with Crippen molar-refractivity contribution in [2.45, 2.75) is 63.6 Å². The topological polar surface area (TPSA) is 53.5 Å². The molecule has 2 amide bonds. The Labute approximate surface area is 168 Å². The van der Waals surface area contributed by atoms with Gasteiger partial charge in [-0.3, -0.25) is 14.6 Å². The lowest BCUT2D eigenvalue weighted by Crippen LogP contribution is -2.64. The van der Waals surface area contributed by atoms with Gasteiger partial charge in [0.1, 0.15) is 0 Å². The third-order valence-electron chi connectivity index (χ3n) is 6.45. The molecule has 4 rings (SSSR count). The summed E-state index contributed by atoms with van der Waals surface area (Å²) in [4.78, 5) is 32.8. The summed E-state index contributed by atoms with van der Waals surface area (Å²) in [6, 6.07) is 5.49. The predicted molar refractivity (Wildman–Crippen MR) is 99.9 cm³/mol. The molecule has 1 spiro atoms. The molecule has 1 atom stereocenters. The summed E-state index contributed by atoms with van der Waals surface area (Å²) in [5.74, 6) is -4.48. The van der Waals surface area contributed by atoms with Crippen molar-refractivity contribution >= 4 is 11.8 Å². The Morgan fingerprint density at radius 1 is 1.14 bits per heavy atom. The highest BCUT2D eigenvalue weighted by Gasteiger charge is 2.58. The molecule has 158 valence electrons. The largest absolute Gasteiger partial charge is 0.336 e. The number of alkyl halides is 3. The van der Waals surface area contributed by atoms with Crippen molar-refractivity contribution < 1.29 is 22.8 Å². The monoisotopic (exact) mass is 409 g/mol. The van der Waals surface area contributed by atoms with Crippen molar-refractivity contribution in [3.63, 3.8) is 0 Å². The Kier molecular flexibility index (Phi) is 4.86. The third kappa shape index (κ3) is 3.73. The van der Waals surface area contributed by atoms with Gasteiger partial charge >= 0.3 is 0 Å². The number of pyridine rings is 1. The fraction of sp³-hybridized carbons (Fsp3) is 0.667. The summed E-state index contributed by atoms with van der Waals surface area (Å²) in [6.07, 6.45) is 0.964. The number of halogens is 3. The average molecular weight is 409 g/mol. The lowest BCUT2D eigenvalue weighted by atomic mass is 9.71. The SMILES string of the molecule is Cc1cccc(CN2CCCC3(CN(C(=O)C4(F)CCC4)CC(F)(F)C3)C2=O)n1. The molecule has 0 radical (unpaired) electrons. The van der Waals surface area contributed by atoms with Crippen molar-refractivity contribution in [2.75, 3.05) is 19.6 Å². The van der Waals surface area contributed by atoms with Gasteiger partial charge in [0.15, 0.2) is 5.67 Å². The van der Waals surface area contributed by atoms with Crippen molar-refractivity contribution in [2.24, 2.45) is 5.41 Å². The number of hydrogen-bond acceptors (Lipinski definition) is 3. The zero-order chi connectivity index (χ0) is 20.9. The fourth-order valence-corrected chi connectivity index (χ4v) is 4.93. The van der Waals surface area contributed by atoms with Crippen LogP contribution in [-0.2, 0) is 16.1 Å². The van der Waals surface area contributed by atoms with Gasteiger partial charge in [-0.1, -0.05) is 6.07 Å². The first-order chi connectivity index (χ1) is 13.6. The maximum absolute atomic E-state index is 14.7. The zero-order valence-corrected chi connectivity index (χ0v) is 16.6. The van der Waals surface area contributed by atoms with Crippen LogP contribution in [0.5, 0.6) is 0 Å². The van der Waals surface area contributed by atoms with E-state index in [9.17, 15) is 22.8 Å². The van der Waals surface area contributed by atoms with Gasteiger partial charge in [0, 0.05) is 25.2 Å². The Morgan fingerprint density at radius 2 is 1.90 bits per heavy atom. The van der Waals surface area contributed by atoms with Crippen LogP contribution in [0.25, 0.3) is 0 Å². The normalized spacial score (nSPS) is 28.3. The number of aryl methyl sites for hydroxylation is 1. The van der Waals surface area contributed by atoms with E-state index < -0.39 is 35.9 Å². The summed E-state index contributed by atoms with van der Waals surface area (Å²) < 4.78 is 43.9. The molecule has 29 heavy (non-hydrogen) atoms. The van der Waals surface area contributed by atoms with E-state index in [-0.39, 0.29) is 38.3 Å². The molecule has 5 nitrogen and oxygen atoms in total. The van der Waals surface area contributed by atoms with Gasteiger partial charge in [-0.05, 0) is 51.2 Å². The molecule has 3 fully saturated rings. The molecule has 0 bridgehead atoms. The Morgan fingerprint density at radius 3 is 2.55 bits per heavy atom. The zero-order valence-electron chi connectivity index (χ0n) is 16.6. The number of carbonyl (C=O) groups excluding carboxylic acids is 2. The van der Waals surface area contributed by atoms with Crippen LogP contribution in [0.15, 0.2) is 18.2 Å². The number of amides is 2. The lowest BCUT2D eigenvalue weighted by Gasteiger charge is -2.50. The van der Waals surface area contributed by atoms with Crippen molar-refractivity contribution in [1.29, 1.82) is 0 Å². The first-order valence-corrected chi connectivity index (χ1v) is 10.2. The maximum Gasteiger partial charge on any atom is 0.266 e. The van der Waals surface area contributed by atoms with Gasteiger partial charge < -0.3 is 9.80 Å². The standard InChI is InChI=1S/C21H26F3N3O2/c1-15-5-2-6-16(25-15)11-26-10-4-7-19(17(26)28)12-21(23,24)14-27(13-19)18(29)20(22)8-3-9-20/h2,5-6H,3-4,7-14H2,1H3. The van der Waals surface area contributed by atoms with Crippen LogP contribution in [0, 0.1) is 12.3 Å². The van der Waals surface area contributed by atoms with E-state index >= 15 is 0 Å². The second kappa shape index (κ2) is 6.99. The molecular weight excluding hydrogens is 383 g/mol. The van der Waals surface area contributed by atoms with E-state index in [2.05, 4.69) is 4.98 Å². The van der Waals surface area contributed by atoms with E-state index in [1.54, 1.807) is 11.0 Å². The minimum atomic E-state index is -3.21. The number of hydrogen-bond donors (Lipinski definition) is 0. The summed E-state index contributed by atoms with van der Waals surface area (Å²) >= 11 is 0. The molecule has 3 aliphatic rings. The molecule has 1 saturated carbocycles. The highest BCUT2D eigenvalue weighted by molar-refractivity contribution is 5.89. The molecule has 1 aliphatic carbocycles. The molecule has 1 aromatic heterocycles. The molecule has 0 N–H and O–H groups in total. The van der Waals surface area contributed by atoms with Crippen LogP contribution < -0.4 is 0 Å². The van der Waals surface area contributed by atoms with Gasteiger partial charge in [0.05, 0.1) is 24.2 Å². The summed E-state index contributed by atoms with van der Waals surface area (Å²) in [6.45, 7) is 1.61. The van der Waals surface area contributed by atoms with Crippen molar-refractivity contribution in [3.8, 4) is 0 Å². The summed E-state index contributed by atoms with van der Waals surface area (Å²) in [5, 5.41) is 0. The van der Waals surface area contributed by atoms with E-state index in [1.807, 2.05) is 19.1 Å². The fourth-order valence-electron chi connectivity index (χ4n) is 4.93. The van der Waals surface area contributed by atoms with E-state index in [0.29, 0.717) is 25.1 Å². The molecule has 1 aromatic rings. The average Bonchev–Trinajstić information content (AvgIpc) is 2.62. The molecular formula is C21H26F3N3O2. The first-order valence-electron chi connectivity index (χ1n) is 10.2. The molecule has 2 aliphatic heterocycles. The smallest absolute Gasteiger partial charge is 0.266 e. The Balaban J connectivity index is 1.57. The highest BCUT2D eigenvalue weighted by Crippen LogP contribution is 2.47. The quantitative estimate of drug-likeness (QED) is 0.770. The molecule has 0 aromatic carbocycles. The van der Waals surface area contributed by atoms with Crippen molar-refractivity contribution in [3.05, 3.63) is 29.6 Å². The molecule has 1 unspecified atom stereocenters. The second-order valence-corrected chi connectivity index (χ2v) is 8.89. The number of rotatable bonds is 3. The maximum atomic E-state index is 14.7. The molecule has 2 saturated heterocycles. The predicted octanol–water partition coefficient (Wildman–Crippen LogP) is 3.26. The highest BCUT2D eigenvalue weighted by atomic mass is 19.3. The number of aromatic nitrogens is 1. The Bertz CT molecular complexity index is 827. The van der Waals surface area contributed by atoms with Gasteiger partial charge in [-0.2, -0.15) is 0 Å². The lowest BCUT2D eigenvalue weighted by molar-refractivity contribution is -0.182. The minimum Gasteiger partial charge on any atom is -0.336 e. The molecule has 8 heteroatoms. The van der Waals surface area contributed by atoms with Gasteiger partial charge in [-0.25, -0.2) is 13.2 Å². The van der Waals surface area contributed by atoms with E-state index in [4.69, 9.17) is 0 Å². The van der Waals surface area contributed by atoms with Gasteiger partial charge in [-0.15, -0.1) is 0 Å². The van der Waals surface area contributed by atoms with Crippen LogP contribution in [0.3, 0.4) is 0 Å².